The zero-order valence-corrected chi connectivity index (χ0v) is 15.8. The number of morpholine rings is 1. The predicted molar refractivity (Wildman–Crippen MR) is 95.0 cm³/mol. The van der Waals surface area contributed by atoms with Gasteiger partial charge in [0, 0.05) is 25.4 Å². The molecule has 0 bridgehead atoms. The predicted octanol–water partition coefficient (Wildman–Crippen LogP) is 1.71. The molecule has 0 radical (unpaired) electrons. The third-order valence-corrected chi connectivity index (χ3v) is 3.94. The molecule has 1 aromatic heterocycles. The third kappa shape index (κ3) is 5.35. The van der Waals surface area contributed by atoms with Gasteiger partial charge in [0.2, 0.25) is 5.91 Å². The summed E-state index contributed by atoms with van der Waals surface area (Å²) in [5, 5.41) is 4.19. The average molecular weight is 367 g/mol. The first kappa shape index (κ1) is 22.2. The fourth-order valence-electron chi connectivity index (χ4n) is 2.77. The molecule has 23 heavy (non-hydrogen) atoms. The highest BCUT2D eigenvalue weighted by Gasteiger charge is 2.37. The molecule has 2 rings (SSSR count). The molecular weight excluding hydrogens is 339 g/mol. The van der Waals surface area contributed by atoms with Gasteiger partial charge in [-0.15, -0.1) is 24.8 Å². The van der Waals surface area contributed by atoms with Crippen molar-refractivity contribution in [1.82, 2.24) is 14.7 Å². The van der Waals surface area contributed by atoms with Crippen molar-refractivity contribution in [2.75, 3.05) is 19.7 Å². The van der Waals surface area contributed by atoms with Crippen LogP contribution in [0.15, 0.2) is 12.4 Å². The minimum atomic E-state index is -0.514. The minimum Gasteiger partial charge on any atom is -0.367 e. The topological polar surface area (TPSA) is 73.4 Å². The fourth-order valence-corrected chi connectivity index (χ4v) is 2.77. The van der Waals surface area contributed by atoms with Crippen LogP contribution in [0.1, 0.15) is 32.8 Å². The van der Waals surface area contributed by atoms with Gasteiger partial charge in [-0.25, -0.2) is 0 Å². The molecule has 0 spiro atoms. The number of amides is 1. The Labute approximate surface area is 150 Å². The summed E-state index contributed by atoms with van der Waals surface area (Å²) >= 11 is 0. The summed E-state index contributed by atoms with van der Waals surface area (Å²) in [5.74, 6) is 0.428. The van der Waals surface area contributed by atoms with Gasteiger partial charge in [-0.1, -0.05) is 13.8 Å². The summed E-state index contributed by atoms with van der Waals surface area (Å²) in [6.45, 7) is 7.78. The highest BCUT2D eigenvalue weighted by atomic mass is 35.5. The molecule has 134 valence electrons. The van der Waals surface area contributed by atoms with Crippen molar-refractivity contribution in [3.8, 4) is 0 Å². The molecule has 2 heterocycles. The molecule has 2 atom stereocenters. The summed E-state index contributed by atoms with van der Waals surface area (Å²) in [5.41, 5.74) is 6.50. The van der Waals surface area contributed by atoms with Crippen molar-refractivity contribution in [1.29, 1.82) is 0 Å². The van der Waals surface area contributed by atoms with E-state index < -0.39 is 11.6 Å². The molecule has 1 aliphatic rings. The van der Waals surface area contributed by atoms with E-state index in [0.29, 0.717) is 32.0 Å². The maximum Gasteiger partial charge on any atom is 0.239 e. The number of nitrogens with two attached hydrogens (primary N) is 1. The van der Waals surface area contributed by atoms with Crippen LogP contribution in [0, 0.1) is 5.92 Å². The van der Waals surface area contributed by atoms with Gasteiger partial charge < -0.3 is 15.4 Å². The van der Waals surface area contributed by atoms with Gasteiger partial charge in [0.25, 0.3) is 0 Å². The lowest BCUT2D eigenvalue weighted by Gasteiger charge is -2.41. The van der Waals surface area contributed by atoms with Crippen LogP contribution in [0.5, 0.6) is 0 Å². The largest absolute Gasteiger partial charge is 0.367 e. The fraction of sp³-hybridized carbons (Fsp3) is 0.733. The van der Waals surface area contributed by atoms with E-state index >= 15 is 0 Å². The van der Waals surface area contributed by atoms with Crippen LogP contribution in [0.4, 0.5) is 0 Å². The number of aromatic nitrogens is 2. The zero-order valence-electron chi connectivity index (χ0n) is 14.2. The Hall–Kier alpha value is -0.820. The van der Waals surface area contributed by atoms with Crippen molar-refractivity contribution in [2.24, 2.45) is 18.7 Å². The molecule has 1 amide bonds. The summed E-state index contributed by atoms with van der Waals surface area (Å²) in [7, 11) is 1.87. The van der Waals surface area contributed by atoms with Crippen LogP contribution >= 0.6 is 24.8 Å². The highest BCUT2D eigenvalue weighted by molar-refractivity contribution is 5.85. The van der Waals surface area contributed by atoms with Gasteiger partial charge in [0.05, 0.1) is 25.4 Å². The first-order chi connectivity index (χ1) is 9.82. The van der Waals surface area contributed by atoms with Crippen LogP contribution < -0.4 is 5.73 Å². The Bertz CT molecular complexity index is 509. The Morgan fingerprint density at radius 3 is 2.65 bits per heavy atom. The van der Waals surface area contributed by atoms with Gasteiger partial charge in [-0.3, -0.25) is 9.48 Å². The molecule has 1 aliphatic heterocycles. The van der Waals surface area contributed by atoms with E-state index in [-0.39, 0.29) is 30.7 Å². The van der Waals surface area contributed by atoms with Gasteiger partial charge in [-0.2, -0.15) is 5.10 Å². The van der Waals surface area contributed by atoms with Crippen LogP contribution in [0.3, 0.4) is 0 Å². The number of aryl methyl sites for hydroxylation is 1. The smallest absolute Gasteiger partial charge is 0.239 e. The number of rotatable bonds is 4. The van der Waals surface area contributed by atoms with E-state index in [0.717, 1.165) is 5.56 Å². The summed E-state index contributed by atoms with van der Waals surface area (Å²) in [4.78, 5) is 14.3. The van der Waals surface area contributed by atoms with E-state index in [2.05, 4.69) is 18.9 Å². The van der Waals surface area contributed by atoms with Gasteiger partial charge in [0.15, 0.2) is 0 Å². The molecule has 0 aliphatic carbocycles. The maximum absolute atomic E-state index is 12.5. The standard InChI is InChI=1S/C15H26N4O2.2ClH/c1-11(2)7-13(16)14(20)19-5-6-21-15(3,10-19)12-8-17-18(4)9-12;;/h8-9,11,13H,5-7,10,16H2,1-4H3;2*1H/t13-,15?;;/m0../s1. The van der Waals surface area contributed by atoms with Crippen molar-refractivity contribution >= 4 is 30.7 Å². The Balaban J connectivity index is 0.00000242. The Morgan fingerprint density at radius 2 is 2.13 bits per heavy atom. The Morgan fingerprint density at radius 1 is 1.48 bits per heavy atom. The minimum absolute atomic E-state index is 0. The first-order valence-corrected chi connectivity index (χ1v) is 7.49. The maximum atomic E-state index is 12.5. The van der Waals surface area contributed by atoms with Crippen molar-refractivity contribution in [2.45, 2.75) is 38.8 Å². The first-order valence-electron chi connectivity index (χ1n) is 7.49. The third-order valence-electron chi connectivity index (χ3n) is 3.94. The van der Waals surface area contributed by atoms with Crippen LogP contribution in [-0.4, -0.2) is 46.3 Å². The zero-order chi connectivity index (χ0) is 15.6. The lowest BCUT2D eigenvalue weighted by atomic mass is 9.96. The highest BCUT2D eigenvalue weighted by Crippen LogP contribution is 2.29. The number of halogens is 2. The molecule has 0 saturated carbocycles. The average Bonchev–Trinajstić information content (AvgIpc) is 2.84. The number of carbonyl (C=O) groups is 1. The molecular formula is C15H28Cl2N4O2. The van der Waals surface area contributed by atoms with Gasteiger partial charge >= 0.3 is 0 Å². The van der Waals surface area contributed by atoms with E-state index in [1.54, 1.807) is 10.9 Å². The molecule has 0 aromatic carbocycles. The second-order valence-electron chi connectivity index (χ2n) is 6.48. The molecule has 1 aromatic rings. The van der Waals surface area contributed by atoms with E-state index in [4.69, 9.17) is 10.5 Å². The van der Waals surface area contributed by atoms with E-state index in [9.17, 15) is 4.79 Å². The van der Waals surface area contributed by atoms with Crippen molar-refractivity contribution in [3.05, 3.63) is 18.0 Å². The second-order valence-corrected chi connectivity index (χ2v) is 6.48. The second kappa shape index (κ2) is 8.87. The molecule has 1 saturated heterocycles. The molecule has 1 unspecified atom stereocenters. The van der Waals surface area contributed by atoms with Crippen molar-refractivity contribution in [3.63, 3.8) is 0 Å². The molecule has 2 N–H and O–H groups in total. The number of ether oxygens (including phenoxy) is 1. The number of hydrogen-bond acceptors (Lipinski definition) is 4. The summed E-state index contributed by atoms with van der Waals surface area (Å²) < 4.78 is 7.66. The number of carbonyl (C=O) groups excluding carboxylic acids is 1. The van der Waals surface area contributed by atoms with Crippen LogP contribution in [0.25, 0.3) is 0 Å². The lowest BCUT2D eigenvalue weighted by Crippen LogP contribution is -2.54. The quantitative estimate of drug-likeness (QED) is 0.879. The van der Waals surface area contributed by atoms with Gasteiger partial charge in [-0.05, 0) is 19.3 Å². The lowest BCUT2D eigenvalue weighted by molar-refractivity contribution is -0.151. The normalized spacial score (nSPS) is 22.3. The summed E-state index contributed by atoms with van der Waals surface area (Å²) in [6.07, 6.45) is 4.43. The number of nitrogens with zero attached hydrogens (tertiary/aromatic N) is 3. The van der Waals surface area contributed by atoms with E-state index in [1.807, 2.05) is 25.1 Å². The summed E-state index contributed by atoms with van der Waals surface area (Å²) in [6, 6.07) is -0.429. The monoisotopic (exact) mass is 366 g/mol. The SMILES string of the molecule is CC(C)C[C@H](N)C(=O)N1CCOC(C)(c2cnn(C)c2)C1.Cl.Cl. The molecule has 6 nitrogen and oxygen atoms in total. The van der Waals surface area contributed by atoms with Crippen LogP contribution in [-0.2, 0) is 22.2 Å². The molecule has 1 fully saturated rings. The van der Waals surface area contributed by atoms with Crippen LogP contribution in [0.2, 0.25) is 0 Å². The molecule has 8 heteroatoms. The Kier molecular flexibility index (Phi) is 8.56. The number of hydrogen-bond donors (Lipinski definition) is 1. The van der Waals surface area contributed by atoms with E-state index in [1.165, 1.54) is 0 Å². The van der Waals surface area contributed by atoms with Gasteiger partial charge in [0.1, 0.15) is 5.60 Å². The van der Waals surface area contributed by atoms with Crippen molar-refractivity contribution < 1.29 is 9.53 Å².